The van der Waals surface area contributed by atoms with E-state index in [-0.39, 0.29) is 17.7 Å². The van der Waals surface area contributed by atoms with Gasteiger partial charge in [-0.15, -0.1) is 0 Å². The average molecular weight is 376 g/mol. The van der Waals surface area contributed by atoms with Crippen molar-refractivity contribution in [1.82, 2.24) is 5.32 Å². The first kappa shape index (κ1) is 18.2. The third-order valence-electron chi connectivity index (χ3n) is 5.81. The number of primary amides is 1. The molecule has 1 fully saturated rings. The van der Waals surface area contributed by atoms with E-state index >= 15 is 0 Å². The molecule has 0 bridgehead atoms. The van der Waals surface area contributed by atoms with E-state index < -0.39 is 11.9 Å². The zero-order chi connectivity index (χ0) is 19.6. The lowest BCUT2D eigenvalue weighted by atomic mass is 9.64. The summed E-state index contributed by atoms with van der Waals surface area (Å²) >= 11 is 0. The lowest BCUT2D eigenvalue weighted by Crippen LogP contribution is -2.47. The first-order chi connectivity index (χ1) is 13.6. The van der Waals surface area contributed by atoms with Crippen LogP contribution in [0.2, 0.25) is 0 Å². The molecule has 6 heteroatoms. The van der Waals surface area contributed by atoms with Crippen molar-refractivity contribution in [3.8, 4) is 0 Å². The molecule has 1 aliphatic carbocycles. The van der Waals surface area contributed by atoms with Crippen molar-refractivity contribution in [2.45, 2.75) is 37.1 Å². The van der Waals surface area contributed by atoms with Crippen LogP contribution in [0.4, 0.5) is 5.69 Å². The molecule has 28 heavy (non-hydrogen) atoms. The quantitative estimate of drug-likeness (QED) is 0.811. The molecule has 1 heterocycles. The molecule has 0 spiro atoms. The van der Waals surface area contributed by atoms with Crippen LogP contribution in [-0.2, 0) is 15.0 Å². The van der Waals surface area contributed by atoms with Crippen molar-refractivity contribution in [3.63, 3.8) is 0 Å². The zero-order valence-corrected chi connectivity index (χ0v) is 15.7. The van der Waals surface area contributed by atoms with E-state index in [4.69, 9.17) is 5.73 Å². The van der Waals surface area contributed by atoms with Crippen LogP contribution in [0.25, 0.3) is 0 Å². The summed E-state index contributed by atoms with van der Waals surface area (Å²) in [6, 6.07) is 19.0. The van der Waals surface area contributed by atoms with Gasteiger partial charge < -0.3 is 11.1 Å². The van der Waals surface area contributed by atoms with E-state index in [9.17, 15) is 9.59 Å². The van der Waals surface area contributed by atoms with Gasteiger partial charge in [-0.2, -0.15) is 5.10 Å². The predicted molar refractivity (Wildman–Crippen MR) is 109 cm³/mol. The standard InChI is InChI=1S/C22H24N4O2/c23-20(27)19-14-18(25-26(19)17-10-5-2-6-11-17)21(28)24-15-22(12-7-13-22)16-8-3-1-4-9-16/h1-6,8-11,19H,7,12-15H2,(H2,23,27)(H,24,28). The molecule has 2 aromatic rings. The summed E-state index contributed by atoms with van der Waals surface area (Å²) in [5.41, 5.74) is 7.90. The second-order valence-corrected chi connectivity index (χ2v) is 7.53. The van der Waals surface area contributed by atoms with Gasteiger partial charge in [-0.3, -0.25) is 14.6 Å². The number of nitrogens with one attached hydrogen (secondary N) is 1. The number of nitrogens with two attached hydrogens (primary N) is 1. The molecule has 2 amide bonds. The fourth-order valence-electron chi connectivity index (χ4n) is 4.00. The summed E-state index contributed by atoms with van der Waals surface area (Å²) in [7, 11) is 0. The largest absolute Gasteiger partial charge is 0.368 e. The number of nitrogens with zero attached hydrogens (tertiary/aromatic N) is 2. The maximum atomic E-state index is 12.8. The van der Waals surface area contributed by atoms with Gasteiger partial charge >= 0.3 is 0 Å². The smallest absolute Gasteiger partial charge is 0.267 e. The Kier molecular flexibility index (Phi) is 4.86. The number of benzene rings is 2. The molecular formula is C22H24N4O2. The van der Waals surface area contributed by atoms with E-state index in [0.29, 0.717) is 12.3 Å². The van der Waals surface area contributed by atoms with Gasteiger partial charge in [0, 0.05) is 18.4 Å². The molecule has 144 valence electrons. The zero-order valence-electron chi connectivity index (χ0n) is 15.7. The summed E-state index contributed by atoms with van der Waals surface area (Å²) in [5, 5.41) is 9.01. The molecule has 3 N–H and O–H groups in total. The maximum Gasteiger partial charge on any atom is 0.267 e. The molecule has 2 aliphatic rings. The van der Waals surface area contributed by atoms with Crippen LogP contribution in [-0.4, -0.2) is 30.1 Å². The molecule has 1 unspecified atom stereocenters. The summed E-state index contributed by atoms with van der Waals surface area (Å²) in [6.07, 6.45) is 3.50. The van der Waals surface area contributed by atoms with Crippen LogP contribution in [0.5, 0.6) is 0 Å². The number of anilines is 1. The first-order valence-corrected chi connectivity index (χ1v) is 9.64. The van der Waals surface area contributed by atoms with Crippen molar-refractivity contribution in [1.29, 1.82) is 0 Å². The number of amides is 2. The van der Waals surface area contributed by atoms with Crippen LogP contribution in [0.3, 0.4) is 0 Å². The number of carbonyl (C=O) groups is 2. The van der Waals surface area contributed by atoms with Gasteiger partial charge in [0.25, 0.3) is 5.91 Å². The number of hydrogen-bond donors (Lipinski definition) is 2. The Morgan fingerprint density at radius 2 is 1.71 bits per heavy atom. The van der Waals surface area contributed by atoms with E-state index in [1.54, 1.807) is 5.01 Å². The minimum absolute atomic E-state index is 0.00170. The molecule has 4 rings (SSSR count). The lowest BCUT2D eigenvalue weighted by molar-refractivity contribution is -0.119. The van der Waals surface area contributed by atoms with Gasteiger partial charge in [-0.05, 0) is 30.5 Å². The highest BCUT2D eigenvalue weighted by molar-refractivity contribution is 6.40. The molecular weight excluding hydrogens is 352 g/mol. The predicted octanol–water partition coefficient (Wildman–Crippen LogP) is 2.34. The van der Waals surface area contributed by atoms with Crippen molar-refractivity contribution >= 4 is 23.2 Å². The van der Waals surface area contributed by atoms with Gasteiger partial charge in [0.15, 0.2) is 0 Å². The lowest BCUT2D eigenvalue weighted by Gasteiger charge is -2.42. The monoisotopic (exact) mass is 376 g/mol. The summed E-state index contributed by atoms with van der Waals surface area (Å²) in [4.78, 5) is 24.7. The summed E-state index contributed by atoms with van der Waals surface area (Å²) < 4.78 is 0. The maximum absolute atomic E-state index is 12.8. The third-order valence-corrected chi connectivity index (χ3v) is 5.81. The molecule has 0 saturated heterocycles. The Morgan fingerprint density at radius 3 is 2.29 bits per heavy atom. The number of hydrazone groups is 1. The van der Waals surface area contributed by atoms with Crippen LogP contribution in [0.1, 0.15) is 31.2 Å². The van der Waals surface area contributed by atoms with Gasteiger partial charge in [0.05, 0.1) is 5.69 Å². The minimum Gasteiger partial charge on any atom is -0.368 e. The van der Waals surface area contributed by atoms with E-state index in [1.807, 2.05) is 48.5 Å². The second-order valence-electron chi connectivity index (χ2n) is 7.53. The molecule has 1 atom stereocenters. The van der Waals surface area contributed by atoms with E-state index in [1.165, 1.54) is 5.56 Å². The number of rotatable bonds is 6. The van der Waals surface area contributed by atoms with Crippen molar-refractivity contribution in [2.75, 3.05) is 11.6 Å². The fourth-order valence-corrected chi connectivity index (χ4v) is 4.00. The third kappa shape index (κ3) is 3.38. The minimum atomic E-state index is -0.644. The Bertz CT molecular complexity index is 891. The van der Waals surface area contributed by atoms with Crippen molar-refractivity contribution in [2.24, 2.45) is 10.8 Å². The highest BCUT2D eigenvalue weighted by atomic mass is 16.2. The molecule has 0 radical (unpaired) electrons. The van der Waals surface area contributed by atoms with Crippen LogP contribution in [0.15, 0.2) is 65.8 Å². The number of carbonyl (C=O) groups excluding carboxylic acids is 2. The second kappa shape index (κ2) is 7.46. The topological polar surface area (TPSA) is 87.8 Å². The van der Waals surface area contributed by atoms with Crippen LogP contribution >= 0.6 is 0 Å². The van der Waals surface area contributed by atoms with Gasteiger partial charge in [-0.1, -0.05) is 55.0 Å². The molecule has 1 saturated carbocycles. The normalized spacial score (nSPS) is 20.2. The Hall–Kier alpha value is -3.15. The fraction of sp³-hybridized carbons (Fsp3) is 0.318. The Morgan fingerprint density at radius 1 is 1.07 bits per heavy atom. The van der Waals surface area contributed by atoms with E-state index in [2.05, 4.69) is 22.6 Å². The van der Waals surface area contributed by atoms with Gasteiger partial charge in [-0.25, -0.2) is 0 Å². The van der Waals surface area contributed by atoms with Crippen LogP contribution < -0.4 is 16.1 Å². The molecule has 0 aromatic heterocycles. The molecule has 6 nitrogen and oxygen atoms in total. The molecule has 1 aliphatic heterocycles. The van der Waals surface area contributed by atoms with Crippen molar-refractivity contribution in [3.05, 3.63) is 66.2 Å². The average Bonchev–Trinajstić information content (AvgIpc) is 3.14. The number of hydrogen-bond acceptors (Lipinski definition) is 4. The van der Waals surface area contributed by atoms with Crippen LogP contribution in [0, 0.1) is 0 Å². The first-order valence-electron chi connectivity index (χ1n) is 9.64. The highest BCUT2D eigenvalue weighted by Gasteiger charge is 2.40. The SMILES string of the molecule is NC(=O)C1CC(C(=O)NCC2(c3ccccc3)CCC2)=NN1c1ccccc1. The molecule has 2 aromatic carbocycles. The highest BCUT2D eigenvalue weighted by Crippen LogP contribution is 2.43. The number of para-hydroxylation sites is 1. The summed E-state index contributed by atoms with van der Waals surface area (Å²) in [6.45, 7) is 0.571. The Labute approximate surface area is 164 Å². The van der Waals surface area contributed by atoms with Gasteiger partial charge in [0.2, 0.25) is 5.91 Å². The van der Waals surface area contributed by atoms with E-state index in [0.717, 1.165) is 24.9 Å². The van der Waals surface area contributed by atoms with Gasteiger partial charge in [0.1, 0.15) is 11.8 Å². The Balaban J connectivity index is 1.48. The summed E-state index contributed by atoms with van der Waals surface area (Å²) in [5.74, 6) is -0.720. The van der Waals surface area contributed by atoms with Crippen molar-refractivity contribution < 1.29 is 9.59 Å².